The predicted octanol–water partition coefficient (Wildman–Crippen LogP) is 13.6. The van der Waals surface area contributed by atoms with Gasteiger partial charge in [0.15, 0.2) is 0 Å². The van der Waals surface area contributed by atoms with Gasteiger partial charge in [0.2, 0.25) is 0 Å². The van der Waals surface area contributed by atoms with E-state index in [0.717, 1.165) is 33.7 Å². The molecule has 53 heavy (non-hydrogen) atoms. The molecule has 2 aromatic heterocycles. The molecule has 9 aromatic carbocycles. The van der Waals surface area contributed by atoms with Crippen molar-refractivity contribution in [3.8, 4) is 45.1 Å². The van der Waals surface area contributed by atoms with Gasteiger partial charge in [-0.15, -0.1) is 0 Å². The van der Waals surface area contributed by atoms with Crippen molar-refractivity contribution in [2.45, 2.75) is 0 Å². The number of aromatic nitrogens is 2. The summed E-state index contributed by atoms with van der Waals surface area (Å²) in [4.78, 5) is 0. The molecule has 12 rings (SSSR count). The molecule has 0 saturated heterocycles. The molecule has 246 valence electrons. The molecule has 0 fully saturated rings. The highest BCUT2D eigenvalue weighted by Crippen LogP contribution is 2.51. The predicted molar refractivity (Wildman–Crippen MR) is 221 cm³/mol. The molecule has 0 bridgehead atoms. The number of nitrogens with zero attached hydrogens (tertiary/aromatic N) is 2. The van der Waals surface area contributed by atoms with E-state index in [0.29, 0.717) is 0 Å². The average Bonchev–Trinajstić information content (AvgIpc) is 3.73. The zero-order valence-electron chi connectivity index (χ0n) is 28.6. The molecular formula is C50H30N2O. The van der Waals surface area contributed by atoms with Gasteiger partial charge in [0.05, 0.1) is 27.8 Å². The lowest BCUT2D eigenvalue weighted by molar-refractivity contribution is 0.487. The molecule has 0 radical (unpaired) electrons. The van der Waals surface area contributed by atoms with Crippen LogP contribution < -0.4 is 4.74 Å². The normalized spacial score (nSPS) is 12.3. The minimum absolute atomic E-state index is 0.879. The summed E-state index contributed by atoms with van der Waals surface area (Å²) < 4.78 is 11.6. The molecule has 3 heterocycles. The van der Waals surface area contributed by atoms with Crippen LogP contribution in [0.4, 0.5) is 0 Å². The van der Waals surface area contributed by atoms with E-state index < -0.39 is 0 Å². The maximum absolute atomic E-state index is 6.83. The Labute approximate surface area is 305 Å². The molecule has 0 amide bonds. The summed E-state index contributed by atoms with van der Waals surface area (Å²) >= 11 is 0. The summed E-state index contributed by atoms with van der Waals surface area (Å²) in [6, 6.07) is 65.9. The third kappa shape index (κ3) is 3.99. The quantitative estimate of drug-likeness (QED) is 0.183. The molecule has 0 saturated carbocycles. The van der Waals surface area contributed by atoms with Crippen molar-refractivity contribution in [1.82, 2.24) is 9.13 Å². The molecule has 0 atom stereocenters. The summed E-state index contributed by atoms with van der Waals surface area (Å²) in [5, 5.41) is 9.83. The Morgan fingerprint density at radius 2 is 1.00 bits per heavy atom. The zero-order valence-corrected chi connectivity index (χ0v) is 28.6. The highest BCUT2D eigenvalue weighted by molar-refractivity contribution is 6.25. The van der Waals surface area contributed by atoms with Gasteiger partial charge in [-0.3, -0.25) is 0 Å². The van der Waals surface area contributed by atoms with Gasteiger partial charge in [0.1, 0.15) is 11.5 Å². The topological polar surface area (TPSA) is 19.1 Å². The molecule has 3 nitrogen and oxygen atoms in total. The fourth-order valence-corrected chi connectivity index (χ4v) is 9.00. The van der Waals surface area contributed by atoms with Gasteiger partial charge in [-0.25, -0.2) is 0 Å². The van der Waals surface area contributed by atoms with E-state index in [1.165, 1.54) is 76.6 Å². The fourth-order valence-electron chi connectivity index (χ4n) is 9.00. The average molecular weight is 675 g/mol. The van der Waals surface area contributed by atoms with Crippen LogP contribution in [-0.4, -0.2) is 9.13 Å². The number of hydrogen-bond donors (Lipinski definition) is 0. The third-order valence-electron chi connectivity index (χ3n) is 11.3. The van der Waals surface area contributed by atoms with Crippen molar-refractivity contribution >= 4 is 65.2 Å². The van der Waals surface area contributed by atoms with Crippen LogP contribution in [0.3, 0.4) is 0 Å². The standard InChI is InChI=1S/C50H30N2O/c1-2-14-34(15-3-1)51-44-22-9-7-18-38(44)49-39-20-11-19-37-41-29-33(25-27-47(41)53-48(50(37)39)30-46(49)51)32-24-26-45-40(28-32)36-17-6-8-21-43(36)52(45)42-23-10-13-31-12-4-5-16-35(31)42/h1-30H. The lowest BCUT2D eigenvalue weighted by atomic mass is 9.90. The van der Waals surface area contributed by atoms with Crippen LogP contribution >= 0.6 is 0 Å². The highest BCUT2D eigenvalue weighted by Gasteiger charge is 2.25. The third-order valence-corrected chi connectivity index (χ3v) is 11.3. The first-order valence-electron chi connectivity index (χ1n) is 18.2. The van der Waals surface area contributed by atoms with Crippen LogP contribution in [0.15, 0.2) is 182 Å². The van der Waals surface area contributed by atoms with Gasteiger partial charge in [-0.2, -0.15) is 0 Å². The Kier molecular flexibility index (Phi) is 5.77. The van der Waals surface area contributed by atoms with Gasteiger partial charge >= 0.3 is 0 Å². The maximum atomic E-state index is 6.83. The summed E-state index contributed by atoms with van der Waals surface area (Å²) in [7, 11) is 0. The number of rotatable bonds is 3. The van der Waals surface area contributed by atoms with E-state index in [-0.39, 0.29) is 0 Å². The van der Waals surface area contributed by atoms with Gasteiger partial charge in [-0.05, 0) is 82.1 Å². The summed E-state index contributed by atoms with van der Waals surface area (Å²) in [6.07, 6.45) is 0. The molecule has 1 aliphatic rings. The first-order valence-corrected chi connectivity index (χ1v) is 18.2. The summed E-state index contributed by atoms with van der Waals surface area (Å²) in [5.41, 5.74) is 11.7. The lowest BCUT2D eigenvalue weighted by Gasteiger charge is -2.23. The fraction of sp³-hybridized carbons (Fsp3) is 0. The van der Waals surface area contributed by atoms with E-state index in [1.54, 1.807) is 0 Å². The van der Waals surface area contributed by atoms with Crippen LogP contribution in [0, 0.1) is 0 Å². The molecular weight excluding hydrogens is 645 g/mol. The van der Waals surface area contributed by atoms with Crippen LogP contribution in [0.5, 0.6) is 11.5 Å². The zero-order chi connectivity index (χ0) is 34.6. The van der Waals surface area contributed by atoms with Crippen LogP contribution in [-0.2, 0) is 0 Å². The van der Waals surface area contributed by atoms with E-state index in [2.05, 4.69) is 191 Å². The van der Waals surface area contributed by atoms with E-state index in [1.807, 2.05) is 0 Å². The second-order valence-electron chi connectivity index (χ2n) is 14.1. The monoisotopic (exact) mass is 674 g/mol. The number of ether oxygens (including phenoxy) is 1. The second-order valence-corrected chi connectivity index (χ2v) is 14.1. The van der Waals surface area contributed by atoms with Crippen molar-refractivity contribution in [3.63, 3.8) is 0 Å². The Morgan fingerprint density at radius 1 is 0.340 bits per heavy atom. The van der Waals surface area contributed by atoms with E-state index >= 15 is 0 Å². The maximum Gasteiger partial charge on any atom is 0.138 e. The number of para-hydroxylation sites is 3. The van der Waals surface area contributed by atoms with E-state index in [4.69, 9.17) is 4.74 Å². The van der Waals surface area contributed by atoms with Gasteiger partial charge in [0.25, 0.3) is 0 Å². The Hall–Kier alpha value is -7.10. The first-order chi connectivity index (χ1) is 26.3. The van der Waals surface area contributed by atoms with Gasteiger partial charge < -0.3 is 13.9 Å². The number of hydrogen-bond acceptors (Lipinski definition) is 1. The Bertz CT molecular complexity index is 3310. The lowest BCUT2D eigenvalue weighted by Crippen LogP contribution is -1.99. The minimum Gasteiger partial charge on any atom is -0.456 e. The highest BCUT2D eigenvalue weighted by atomic mass is 16.5. The van der Waals surface area contributed by atoms with Crippen molar-refractivity contribution in [1.29, 1.82) is 0 Å². The summed E-state index contributed by atoms with van der Waals surface area (Å²) in [5.74, 6) is 1.77. The van der Waals surface area contributed by atoms with Crippen LogP contribution in [0.25, 0.3) is 98.8 Å². The SMILES string of the molecule is c1ccc(-n2c3ccccc3c3c4cccc5c4c(cc32)Oc2ccc(-c3ccc4c(c3)c3ccccc3n4-c3cccc4ccccc34)cc2-5)cc1. The van der Waals surface area contributed by atoms with Crippen molar-refractivity contribution < 1.29 is 4.74 Å². The largest absolute Gasteiger partial charge is 0.456 e. The molecule has 0 spiro atoms. The molecule has 0 aliphatic carbocycles. The number of benzene rings is 9. The smallest absolute Gasteiger partial charge is 0.138 e. The van der Waals surface area contributed by atoms with Gasteiger partial charge in [-0.1, -0.05) is 121 Å². The van der Waals surface area contributed by atoms with Crippen molar-refractivity contribution in [2.75, 3.05) is 0 Å². The minimum atomic E-state index is 0.879. The van der Waals surface area contributed by atoms with Crippen LogP contribution in [0.1, 0.15) is 0 Å². The van der Waals surface area contributed by atoms with Crippen LogP contribution in [0.2, 0.25) is 0 Å². The van der Waals surface area contributed by atoms with Crippen molar-refractivity contribution in [3.05, 3.63) is 182 Å². The Morgan fingerprint density at radius 3 is 1.89 bits per heavy atom. The van der Waals surface area contributed by atoms with E-state index in [9.17, 15) is 0 Å². The molecule has 0 N–H and O–H groups in total. The first kappa shape index (κ1) is 28.6. The second kappa shape index (κ2) is 10.7. The van der Waals surface area contributed by atoms with Crippen molar-refractivity contribution in [2.24, 2.45) is 0 Å². The molecule has 0 unspecified atom stereocenters. The molecule has 3 heteroatoms. The van der Waals surface area contributed by atoms with Gasteiger partial charge in [0, 0.05) is 49.6 Å². The number of fused-ring (bicyclic) bond motifs is 10. The summed E-state index contributed by atoms with van der Waals surface area (Å²) in [6.45, 7) is 0. The molecule has 11 aromatic rings. The molecule has 1 aliphatic heterocycles. The Balaban J connectivity index is 1.05.